The molecule has 2 aliphatic heterocycles. The normalized spacial score (nSPS) is 30.0. The second-order valence-electron chi connectivity index (χ2n) is 6.27. The van der Waals surface area contributed by atoms with E-state index in [-0.39, 0.29) is 24.2 Å². The molecule has 3 unspecified atom stereocenters. The highest BCUT2D eigenvalue weighted by molar-refractivity contribution is 5.84. The van der Waals surface area contributed by atoms with Crippen LogP contribution in [0.4, 0.5) is 0 Å². The molecule has 2 fully saturated rings. The number of rotatable bonds is 2. The standard InChI is InChI=1S/C17H24N2O2/c1-11-6-7-15(12(2)9-11)16-18-13(3)17(20)19(16)14-5-4-8-21-10-14/h6-7,9,13-14,16,18H,4-5,8,10H2,1-3H3. The van der Waals surface area contributed by atoms with E-state index in [0.717, 1.165) is 19.4 Å². The average Bonchev–Trinajstić information content (AvgIpc) is 2.75. The van der Waals surface area contributed by atoms with Crippen LogP contribution in [0, 0.1) is 13.8 Å². The van der Waals surface area contributed by atoms with E-state index in [9.17, 15) is 4.79 Å². The lowest BCUT2D eigenvalue weighted by Crippen LogP contribution is -2.44. The molecule has 3 atom stereocenters. The Labute approximate surface area is 126 Å². The lowest BCUT2D eigenvalue weighted by molar-refractivity contribution is -0.135. The van der Waals surface area contributed by atoms with Gasteiger partial charge in [0.1, 0.15) is 6.17 Å². The molecule has 21 heavy (non-hydrogen) atoms. The lowest BCUT2D eigenvalue weighted by Gasteiger charge is -2.35. The number of hydrogen-bond donors (Lipinski definition) is 1. The Hall–Kier alpha value is -1.39. The summed E-state index contributed by atoms with van der Waals surface area (Å²) in [5.74, 6) is 0.190. The van der Waals surface area contributed by atoms with Gasteiger partial charge in [0.25, 0.3) is 0 Å². The molecule has 0 spiro atoms. The predicted molar refractivity (Wildman–Crippen MR) is 81.9 cm³/mol. The quantitative estimate of drug-likeness (QED) is 0.908. The Kier molecular flexibility index (Phi) is 4.00. The summed E-state index contributed by atoms with van der Waals surface area (Å²) in [5, 5.41) is 3.45. The summed E-state index contributed by atoms with van der Waals surface area (Å²) in [6.45, 7) is 7.63. The molecule has 1 aromatic rings. The summed E-state index contributed by atoms with van der Waals surface area (Å²) in [6, 6.07) is 6.50. The highest BCUT2D eigenvalue weighted by atomic mass is 16.5. The molecule has 0 bridgehead atoms. The van der Waals surface area contributed by atoms with Gasteiger partial charge in [-0.2, -0.15) is 0 Å². The number of hydrogen-bond acceptors (Lipinski definition) is 3. The first kappa shape index (κ1) is 14.5. The van der Waals surface area contributed by atoms with Gasteiger partial charge in [-0.05, 0) is 44.7 Å². The topological polar surface area (TPSA) is 41.6 Å². The van der Waals surface area contributed by atoms with E-state index in [1.807, 2.05) is 11.8 Å². The van der Waals surface area contributed by atoms with Crippen molar-refractivity contribution in [3.63, 3.8) is 0 Å². The van der Waals surface area contributed by atoms with Crippen LogP contribution in [0.2, 0.25) is 0 Å². The highest BCUT2D eigenvalue weighted by Crippen LogP contribution is 2.32. The van der Waals surface area contributed by atoms with Gasteiger partial charge in [0.05, 0.1) is 18.7 Å². The third kappa shape index (κ3) is 2.70. The minimum Gasteiger partial charge on any atom is -0.379 e. The number of aryl methyl sites for hydroxylation is 2. The number of nitrogens with zero attached hydrogens (tertiary/aromatic N) is 1. The summed E-state index contributed by atoms with van der Waals surface area (Å²) >= 11 is 0. The van der Waals surface area contributed by atoms with Crippen molar-refractivity contribution in [3.8, 4) is 0 Å². The van der Waals surface area contributed by atoms with Crippen LogP contribution >= 0.6 is 0 Å². The molecule has 4 heteroatoms. The van der Waals surface area contributed by atoms with Gasteiger partial charge in [-0.25, -0.2) is 0 Å². The number of benzene rings is 1. The first-order chi connectivity index (χ1) is 10.1. The zero-order valence-electron chi connectivity index (χ0n) is 13.1. The van der Waals surface area contributed by atoms with Crippen molar-refractivity contribution in [2.45, 2.75) is 51.9 Å². The van der Waals surface area contributed by atoms with Crippen LogP contribution in [0.25, 0.3) is 0 Å². The maximum atomic E-state index is 12.6. The Balaban J connectivity index is 1.92. The van der Waals surface area contributed by atoms with Gasteiger partial charge in [-0.15, -0.1) is 0 Å². The van der Waals surface area contributed by atoms with Crippen LogP contribution in [-0.2, 0) is 9.53 Å². The number of carbonyl (C=O) groups excluding carboxylic acids is 1. The van der Waals surface area contributed by atoms with Crippen LogP contribution in [0.5, 0.6) is 0 Å². The fraction of sp³-hybridized carbons (Fsp3) is 0.588. The molecule has 0 aliphatic carbocycles. The van der Waals surface area contributed by atoms with Crippen LogP contribution < -0.4 is 5.32 Å². The minimum absolute atomic E-state index is 0.0280. The van der Waals surface area contributed by atoms with Gasteiger partial charge in [0.15, 0.2) is 0 Å². The van der Waals surface area contributed by atoms with Crippen LogP contribution in [0.15, 0.2) is 18.2 Å². The monoisotopic (exact) mass is 288 g/mol. The van der Waals surface area contributed by atoms with E-state index in [2.05, 4.69) is 37.4 Å². The van der Waals surface area contributed by atoms with E-state index >= 15 is 0 Å². The Morgan fingerprint density at radius 1 is 1.33 bits per heavy atom. The molecular weight excluding hydrogens is 264 g/mol. The lowest BCUT2D eigenvalue weighted by atomic mass is 10.0. The Bertz CT molecular complexity index is 538. The Morgan fingerprint density at radius 3 is 2.81 bits per heavy atom. The molecule has 0 saturated carbocycles. The summed E-state index contributed by atoms with van der Waals surface area (Å²) in [6.07, 6.45) is 2.03. The summed E-state index contributed by atoms with van der Waals surface area (Å²) in [5.41, 5.74) is 3.68. The molecular formula is C17H24N2O2. The number of carbonyl (C=O) groups is 1. The first-order valence-corrected chi connectivity index (χ1v) is 7.81. The predicted octanol–water partition coefficient (Wildman–Crippen LogP) is 2.30. The maximum Gasteiger partial charge on any atom is 0.241 e. The van der Waals surface area contributed by atoms with Crippen molar-refractivity contribution in [1.29, 1.82) is 0 Å². The van der Waals surface area contributed by atoms with Gasteiger partial charge in [-0.3, -0.25) is 10.1 Å². The SMILES string of the molecule is Cc1ccc(C2NC(C)C(=O)N2C2CCCOC2)c(C)c1. The molecule has 4 nitrogen and oxygen atoms in total. The van der Waals surface area contributed by atoms with E-state index in [0.29, 0.717) is 6.61 Å². The number of ether oxygens (including phenoxy) is 1. The van der Waals surface area contributed by atoms with Crippen molar-refractivity contribution in [2.24, 2.45) is 0 Å². The second-order valence-corrected chi connectivity index (χ2v) is 6.27. The molecule has 3 rings (SSSR count). The summed E-state index contributed by atoms with van der Waals surface area (Å²) in [4.78, 5) is 14.6. The van der Waals surface area contributed by atoms with E-state index in [1.54, 1.807) is 0 Å². The van der Waals surface area contributed by atoms with Crippen molar-refractivity contribution in [3.05, 3.63) is 34.9 Å². The van der Waals surface area contributed by atoms with Gasteiger partial charge in [0.2, 0.25) is 5.91 Å². The molecule has 2 heterocycles. The fourth-order valence-electron chi connectivity index (χ4n) is 3.45. The molecule has 1 aromatic carbocycles. The van der Waals surface area contributed by atoms with Crippen molar-refractivity contribution in [1.82, 2.24) is 10.2 Å². The zero-order chi connectivity index (χ0) is 15.0. The van der Waals surface area contributed by atoms with Crippen LogP contribution in [-0.4, -0.2) is 36.1 Å². The molecule has 1 amide bonds. The van der Waals surface area contributed by atoms with Crippen LogP contribution in [0.1, 0.15) is 42.6 Å². The molecule has 2 aliphatic rings. The second kappa shape index (κ2) is 5.78. The maximum absolute atomic E-state index is 12.6. The minimum atomic E-state index is -0.127. The van der Waals surface area contributed by atoms with Gasteiger partial charge in [-0.1, -0.05) is 23.8 Å². The van der Waals surface area contributed by atoms with E-state index < -0.39 is 0 Å². The van der Waals surface area contributed by atoms with Gasteiger partial charge in [0, 0.05) is 6.61 Å². The smallest absolute Gasteiger partial charge is 0.241 e. The van der Waals surface area contributed by atoms with Crippen molar-refractivity contribution < 1.29 is 9.53 Å². The van der Waals surface area contributed by atoms with E-state index in [4.69, 9.17) is 4.74 Å². The Morgan fingerprint density at radius 2 is 2.14 bits per heavy atom. The zero-order valence-corrected chi connectivity index (χ0v) is 13.1. The number of nitrogens with one attached hydrogen (secondary N) is 1. The number of amides is 1. The van der Waals surface area contributed by atoms with E-state index in [1.165, 1.54) is 16.7 Å². The molecule has 0 aromatic heterocycles. The molecule has 1 N–H and O–H groups in total. The largest absolute Gasteiger partial charge is 0.379 e. The summed E-state index contributed by atoms with van der Waals surface area (Å²) in [7, 11) is 0. The van der Waals surface area contributed by atoms with Crippen LogP contribution in [0.3, 0.4) is 0 Å². The highest BCUT2D eigenvalue weighted by Gasteiger charge is 2.42. The average molecular weight is 288 g/mol. The van der Waals surface area contributed by atoms with Crippen molar-refractivity contribution in [2.75, 3.05) is 13.2 Å². The van der Waals surface area contributed by atoms with Gasteiger partial charge >= 0.3 is 0 Å². The third-order valence-corrected chi connectivity index (χ3v) is 4.56. The fourth-order valence-corrected chi connectivity index (χ4v) is 3.45. The first-order valence-electron chi connectivity index (χ1n) is 7.81. The van der Waals surface area contributed by atoms with Crippen molar-refractivity contribution >= 4 is 5.91 Å². The third-order valence-electron chi connectivity index (χ3n) is 4.56. The van der Waals surface area contributed by atoms with Gasteiger partial charge < -0.3 is 9.64 Å². The molecule has 2 saturated heterocycles. The summed E-state index contributed by atoms with van der Waals surface area (Å²) < 4.78 is 5.59. The molecule has 114 valence electrons. The molecule has 0 radical (unpaired) electrons.